The molecule has 1 aromatic carbocycles. The van der Waals surface area contributed by atoms with Gasteiger partial charge in [0.15, 0.2) is 0 Å². The van der Waals surface area contributed by atoms with Crippen LogP contribution in [0.3, 0.4) is 0 Å². The summed E-state index contributed by atoms with van der Waals surface area (Å²) in [6.45, 7) is 6.51. The largest absolute Gasteiger partial charge is 0.349 e. The quantitative estimate of drug-likeness (QED) is 0.624. The Balaban J connectivity index is 1.88. The maximum atomic E-state index is 12.1. The van der Waals surface area contributed by atoms with Crippen LogP contribution < -0.4 is 16.7 Å². The molecule has 0 spiro atoms. The van der Waals surface area contributed by atoms with Crippen molar-refractivity contribution in [2.75, 3.05) is 6.54 Å². The van der Waals surface area contributed by atoms with Crippen molar-refractivity contribution in [3.8, 4) is 0 Å². The minimum Gasteiger partial charge on any atom is -0.349 e. The van der Waals surface area contributed by atoms with Crippen molar-refractivity contribution < 1.29 is 4.79 Å². The van der Waals surface area contributed by atoms with Crippen LogP contribution in [0.4, 0.5) is 0 Å². The lowest BCUT2D eigenvalue weighted by Gasteiger charge is -2.33. The van der Waals surface area contributed by atoms with E-state index in [1.54, 1.807) is 0 Å². The van der Waals surface area contributed by atoms with Gasteiger partial charge in [-0.15, -0.1) is 0 Å². The van der Waals surface area contributed by atoms with E-state index in [0.29, 0.717) is 13.0 Å². The summed E-state index contributed by atoms with van der Waals surface area (Å²) in [6.07, 6.45) is 2.01. The van der Waals surface area contributed by atoms with Gasteiger partial charge in [-0.3, -0.25) is 4.79 Å². The lowest BCUT2D eigenvalue weighted by Crippen LogP contribution is -2.54. The molecule has 23 heavy (non-hydrogen) atoms. The minimum atomic E-state index is -0.361. The Bertz CT molecular complexity index is 732. The molecule has 0 aliphatic rings. The van der Waals surface area contributed by atoms with E-state index in [-0.39, 0.29) is 23.1 Å². The third-order valence-corrected chi connectivity index (χ3v) is 4.57. The van der Waals surface area contributed by atoms with Crippen molar-refractivity contribution in [3.05, 3.63) is 34.2 Å². The Morgan fingerprint density at radius 1 is 1.30 bits per heavy atom. The Morgan fingerprint density at radius 3 is 2.65 bits per heavy atom. The highest BCUT2D eigenvalue weighted by Crippen LogP contribution is 2.16. The molecule has 2 rings (SSSR count). The van der Waals surface area contributed by atoms with Gasteiger partial charge in [0.2, 0.25) is 5.91 Å². The van der Waals surface area contributed by atoms with Crippen LogP contribution in [0.5, 0.6) is 0 Å². The highest BCUT2D eigenvalue weighted by Gasteiger charge is 2.28. The Morgan fingerprint density at radius 2 is 2.00 bits per heavy atom. The number of nitrogens with one attached hydrogen (secondary N) is 3. The number of hydrogen-bond donors (Lipinski definition) is 4. The van der Waals surface area contributed by atoms with E-state index in [1.165, 1.54) is 0 Å². The van der Waals surface area contributed by atoms with Crippen molar-refractivity contribution in [1.82, 2.24) is 15.3 Å². The molecule has 0 saturated heterocycles. The summed E-state index contributed by atoms with van der Waals surface area (Å²) in [4.78, 5) is 28.8. The number of carbonyl (C=O) groups is 1. The van der Waals surface area contributed by atoms with Gasteiger partial charge in [0.05, 0.1) is 16.6 Å². The van der Waals surface area contributed by atoms with Gasteiger partial charge in [0.1, 0.15) is 0 Å². The molecule has 1 aromatic heterocycles. The summed E-state index contributed by atoms with van der Waals surface area (Å²) in [5, 5.41) is 3.05. The van der Waals surface area contributed by atoms with Gasteiger partial charge in [-0.1, -0.05) is 19.9 Å². The highest BCUT2D eigenvalue weighted by molar-refractivity contribution is 5.77. The van der Waals surface area contributed by atoms with Crippen LogP contribution >= 0.6 is 0 Å². The number of aryl methyl sites for hydroxylation is 1. The molecule has 6 heteroatoms. The number of aromatic nitrogens is 2. The third kappa shape index (κ3) is 4.22. The van der Waals surface area contributed by atoms with E-state index in [1.807, 2.05) is 25.1 Å². The molecule has 0 aliphatic carbocycles. The first kappa shape index (κ1) is 17.3. The molecule has 1 atom stereocenters. The molecule has 1 unspecified atom stereocenters. The summed E-state index contributed by atoms with van der Waals surface area (Å²) in [5.74, 6) is 0.312. The maximum absolute atomic E-state index is 12.1. The number of H-pyrrole nitrogens is 2. The summed E-state index contributed by atoms with van der Waals surface area (Å²) >= 11 is 0. The Kier molecular flexibility index (Phi) is 5.26. The lowest BCUT2D eigenvalue weighted by molar-refractivity contribution is -0.123. The zero-order valence-corrected chi connectivity index (χ0v) is 14.0. The van der Waals surface area contributed by atoms with Gasteiger partial charge in [0.25, 0.3) is 0 Å². The van der Waals surface area contributed by atoms with Crippen molar-refractivity contribution >= 4 is 16.9 Å². The van der Waals surface area contributed by atoms with Crippen LogP contribution in [0.25, 0.3) is 11.0 Å². The second-order valence-electron chi connectivity index (χ2n) is 6.64. The van der Waals surface area contributed by atoms with Crippen molar-refractivity contribution in [2.24, 2.45) is 11.7 Å². The zero-order chi connectivity index (χ0) is 17.0. The topological polar surface area (TPSA) is 104 Å². The second kappa shape index (κ2) is 7.00. The van der Waals surface area contributed by atoms with Crippen LogP contribution in [0, 0.1) is 5.92 Å². The average Bonchev–Trinajstić information content (AvgIpc) is 2.86. The van der Waals surface area contributed by atoms with Crippen LogP contribution in [0.2, 0.25) is 0 Å². The predicted octanol–water partition coefficient (Wildman–Crippen LogP) is 1.67. The smallest absolute Gasteiger partial charge is 0.323 e. The minimum absolute atomic E-state index is 0.0304. The van der Waals surface area contributed by atoms with Gasteiger partial charge in [-0.05, 0) is 43.4 Å². The van der Waals surface area contributed by atoms with Crippen molar-refractivity contribution in [2.45, 2.75) is 45.6 Å². The van der Waals surface area contributed by atoms with Crippen LogP contribution in [0.15, 0.2) is 23.0 Å². The average molecular weight is 318 g/mol. The molecule has 2 aromatic rings. The third-order valence-electron chi connectivity index (χ3n) is 4.57. The molecule has 0 radical (unpaired) electrons. The molecule has 0 saturated carbocycles. The number of carbonyl (C=O) groups excluding carboxylic acids is 1. The maximum Gasteiger partial charge on any atom is 0.323 e. The molecule has 5 N–H and O–H groups in total. The zero-order valence-electron chi connectivity index (χ0n) is 14.0. The van der Waals surface area contributed by atoms with E-state index in [9.17, 15) is 9.59 Å². The number of nitrogens with two attached hydrogens (primary N) is 1. The summed E-state index contributed by atoms with van der Waals surface area (Å²) in [5.41, 5.74) is 7.92. The number of imidazole rings is 1. The van der Waals surface area contributed by atoms with E-state index in [4.69, 9.17) is 5.73 Å². The first-order valence-electron chi connectivity index (χ1n) is 8.06. The second-order valence-corrected chi connectivity index (χ2v) is 6.64. The van der Waals surface area contributed by atoms with E-state index in [0.717, 1.165) is 29.4 Å². The van der Waals surface area contributed by atoms with Crippen LogP contribution in [-0.4, -0.2) is 28.0 Å². The Hall–Kier alpha value is -2.08. The predicted molar refractivity (Wildman–Crippen MR) is 92.3 cm³/mol. The van der Waals surface area contributed by atoms with Gasteiger partial charge >= 0.3 is 5.69 Å². The molecule has 0 fully saturated rings. The first-order chi connectivity index (χ1) is 10.8. The van der Waals surface area contributed by atoms with Crippen molar-refractivity contribution in [1.29, 1.82) is 0 Å². The summed E-state index contributed by atoms with van der Waals surface area (Å²) < 4.78 is 0. The fourth-order valence-corrected chi connectivity index (χ4v) is 2.50. The summed E-state index contributed by atoms with van der Waals surface area (Å²) in [6, 6.07) is 5.80. The molecule has 6 nitrogen and oxygen atoms in total. The van der Waals surface area contributed by atoms with Crippen molar-refractivity contribution in [3.63, 3.8) is 0 Å². The van der Waals surface area contributed by atoms with Crippen LogP contribution in [0.1, 0.15) is 39.2 Å². The number of hydrogen-bond acceptors (Lipinski definition) is 3. The number of benzene rings is 1. The molecule has 1 heterocycles. The number of rotatable bonds is 7. The number of amides is 1. The number of fused-ring (bicyclic) bond motifs is 1. The monoisotopic (exact) mass is 318 g/mol. The SMILES string of the molecule is CC(C)C(C)(CN)NC(=O)CCCc1ccc2[nH]c(=O)[nH]c2c1. The molecule has 126 valence electrons. The highest BCUT2D eigenvalue weighted by atomic mass is 16.2. The molecule has 0 aliphatic heterocycles. The lowest BCUT2D eigenvalue weighted by atomic mass is 9.88. The summed E-state index contributed by atoms with van der Waals surface area (Å²) in [7, 11) is 0. The fraction of sp³-hybridized carbons (Fsp3) is 0.529. The standard InChI is InChI=1S/C17H26N4O2/c1-11(2)17(3,10-18)21-15(22)6-4-5-12-7-8-13-14(9-12)20-16(23)19-13/h7-9,11H,4-6,10,18H2,1-3H3,(H,21,22)(H2,19,20,23). The van der Waals surface area contributed by atoms with Crippen LogP contribution in [-0.2, 0) is 11.2 Å². The van der Waals surface area contributed by atoms with Gasteiger partial charge < -0.3 is 21.0 Å². The molecular weight excluding hydrogens is 292 g/mol. The normalized spacial score (nSPS) is 14.1. The Labute approximate surface area is 135 Å². The molecule has 1 amide bonds. The van der Waals surface area contributed by atoms with Gasteiger partial charge in [-0.2, -0.15) is 0 Å². The fourth-order valence-electron chi connectivity index (χ4n) is 2.50. The van der Waals surface area contributed by atoms with E-state index in [2.05, 4.69) is 29.1 Å². The van der Waals surface area contributed by atoms with E-state index < -0.39 is 0 Å². The number of aromatic amines is 2. The van der Waals surface area contributed by atoms with Gasteiger partial charge in [0, 0.05) is 13.0 Å². The van der Waals surface area contributed by atoms with E-state index >= 15 is 0 Å². The molecular formula is C17H26N4O2. The first-order valence-corrected chi connectivity index (χ1v) is 8.06. The van der Waals surface area contributed by atoms with Gasteiger partial charge in [-0.25, -0.2) is 4.79 Å². The molecule has 0 bridgehead atoms.